The predicted octanol–water partition coefficient (Wildman–Crippen LogP) is 2.38. The number of amides is 1. The van der Waals surface area contributed by atoms with E-state index >= 15 is 0 Å². The summed E-state index contributed by atoms with van der Waals surface area (Å²) in [6, 6.07) is 7.83. The van der Waals surface area contributed by atoms with Gasteiger partial charge in [-0.25, -0.2) is 0 Å². The first-order valence-corrected chi connectivity index (χ1v) is 5.61. The molecule has 0 saturated carbocycles. The first kappa shape index (κ1) is 11.6. The molecule has 1 atom stereocenters. The second-order valence-electron chi connectivity index (χ2n) is 3.02. The number of carbonyl (C=O) groups is 1. The van der Waals surface area contributed by atoms with Crippen LogP contribution in [0.15, 0.2) is 28.7 Å². The van der Waals surface area contributed by atoms with Crippen LogP contribution in [0.5, 0.6) is 0 Å². The second kappa shape index (κ2) is 5.41. The van der Waals surface area contributed by atoms with Crippen LogP contribution >= 0.6 is 28.6 Å². The van der Waals surface area contributed by atoms with Gasteiger partial charge in [0.2, 0.25) is 5.91 Å². The molecule has 0 heterocycles. The van der Waals surface area contributed by atoms with E-state index < -0.39 is 0 Å². The maximum Gasteiger partial charge on any atom is 0.232 e. The Morgan fingerprint density at radius 1 is 1.50 bits per heavy atom. The van der Waals surface area contributed by atoms with E-state index in [0.717, 1.165) is 10.0 Å². The second-order valence-corrected chi connectivity index (χ2v) is 4.71. The average Bonchev–Trinajstić information content (AvgIpc) is 2.16. The molecular formula is C10H12BrNOS. The molecule has 0 saturated heterocycles. The van der Waals surface area contributed by atoms with Crippen molar-refractivity contribution in [1.82, 2.24) is 5.32 Å². The molecule has 0 spiro atoms. The first-order chi connectivity index (χ1) is 6.59. The lowest BCUT2D eigenvalue weighted by molar-refractivity contribution is -0.120. The highest BCUT2D eigenvalue weighted by Gasteiger charge is 2.06. The zero-order chi connectivity index (χ0) is 10.6. The van der Waals surface area contributed by atoms with Gasteiger partial charge in [-0.1, -0.05) is 28.1 Å². The van der Waals surface area contributed by atoms with Crippen molar-refractivity contribution < 1.29 is 4.79 Å². The fraction of sp³-hybridized carbons (Fsp3) is 0.300. The molecule has 76 valence electrons. The monoisotopic (exact) mass is 273 g/mol. The molecule has 4 heteroatoms. The number of thiol groups is 1. The highest BCUT2D eigenvalue weighted by atomic mass is 79.9. The smallest absolute Gasteiger partial charge is 0.232 e. The normalized spacial score (nSPS) is 12.2. The van der Waals surface area contributed by atoms with Crippen molar-refractivity contribution in [2.75, 3.05) is 0 Å². The average molecular weight is 274 g/mol. The zero-order valence-electron chi connectivity index (χ0n) is 7.83. The van der Waals surface area contributed by atoms with Crippen LogP contribution in [0.2, 0.25) is 0 Å². The van der Waals surface area contributed by atoms with Crippen LogP contribution in [-0.4, -0.2) is 11.2 Å². The fourth-order valence-corrected chi connectivity index (χ4v) is 1.29. The summed E-state index contributed by atoms with van der Waals surface area (Å²) in [5, 5.41) is 2.53. The van der Waals surface area contributed by atoms with E-state index in [2.05, 4.69) is 33.9 Å². The molecule has 1 rings (SSSR count). The van der Waals surface area contributed by atoms with Crippen LogP contribution in [0.4, 0.5) is 0 Å². The van der Waals surface area contributed by atoms with Gasteiger partial charge in [0.15, 0.2) is 0 Å². The van der Waals surface area contributed by atoms with Gasteiger partial charge < -0.3 is 5.32 Å². The van der Waals surface area contributed by atoms with Gasteiger partial charge >= 0.3 is 0 Å². The molecule has 0 aliphatic carbocycles. The summed E-state index contributed by atoms with van der Waals surface area (Å²) in [7, 11) is 0. The third-order valence-electron chi connectivity index (χ3n) is 1.76. The minimum atomic E-state index is -0.259. The zero-order valence-corrected chi connectivity index (χ0v) is 10.3. The summed E-state index contributed by atoms with van der Waals surface area (Å²) in [6.07, 6.45) is 0. The largest absolute Gasteiger partial charge is 0.351 e. The Hall–Kier alpha value is -0.480. The third-order valence-corrected chi connectivity index (χ3v) is 2.52. The summed E-state index contributed by atoms with van der Waals surface area (Å²) >= 11 is 7.39. The van der Waals surface area contributed by atoms with E-state index in [1.54, 1.807) is 6.92 Å². The molecule has 14 heavy (non-hydrogen) atoms. The van der Waals surface area contributed by atoms with Crippen LogP contribution in [0.25, 0.3) is 0 Å². The lowest BCUT2D eigenvalue weighted by Crippen LogP contribution is -2.29. The molecule has 1 N–H and O–H groups in total. The van der Waals surface area contributed by atoms with Crippen LogP contribution in [0, 0.1) is 0 Å². The van der Waals surface area contributed by atoms with Gasteiger partial charge in [0.1, 0.15) is 0 Å². The van der Waals surface area contributed by atoms with Crippen molar-refractivity contribution in [3.63, 3.8) is 0 Å². The first-order valence-electron chi connectivity index (χ1n) is 4.30. The van der Waals surface area contributed by atoms with Crippen LogP contribution in [-0.2, 0) is 11.3 Å². The Bertz CT molecular complexity index is 310. The molecule has 2 nitrogen and oxygen atoms in total. The highest BCUT2D eigenvalue weighted by molar-refractivity contribution is 9.10. The van der Waals surface area contributed by atoms with Crippen LogP contribution in [0.1, 0.15) is 12.5 Å². The lowest BCUT2D eigenvalue weighted by Gasteiger charge is -2.06. The van der Waals surface area contributed by atoms with Gasteiger partial charge in [0.25, 0.3) is 0 Å². The number of nitrogens with one attached hydrogen (secondary N) is 1. The third kappa shape index (κ3) is 3.72. The Balaban J connectivity index is 2.46. The summed E-state index contributed by atoms with van der Waals surface area (Å²) in [4.78, 5) is 11.2. The topological polar surface area (TPSA) is 29.1 Å². The summed E-state index contributed by atoms with van der Waals surface area (Å²) in [6.45, 7) is 2.30. The molecule has 0 aliphatic heterocycles. The summed E-state index contributed by atoms with van der Waals surface area (Å²) in [5.74, 6) is -0.0451. The molecule has 0 aliphatic rings. The van der Waals surface area contributed by atoms with Crippen LogP contribution < -0.4 is 5.32 Å². The molecule has 0 fully saturated rings. The maximum absolute atomic E-state index is 11.2. The summed E-state index contributed by atoms with van der Waals surface area (Å²) < 4.78 is 1.04. The van der Waals surface area contributed by atoms with E-state index in [4.69, 9.17) is 0 Å². The van der Waals surface area contributed by atoms with E-state index in [1.807, 2.05) is 24.3 Å². The Labute approximate surface area is 97.6 Å². The van der Waals surface area contributed by atoms with E-state index in [1.165, 1.54) is 0 Å². The molecule has 0 radical (unpaired) electrons. The van der Waals surface area contributed by atoms with E-state index in [0.29, 0.717) is 6.54 Å². The molecular weight excluding hydrogens is 262 g/mol. The molecule has 1 aromatic carbocycles. The minimum Gasteiger partial charge on any atom is -0.351 e. The van der Waals surface area contributed by atoms with Crippen molar-refractivity contribution in [2.45, 2.75) is 18.7 Å². The van der Waals surface area contributed by atoms with Gasteiger partial charge in [-0.15, -0.1) is 0 Å². The molecule has 1 aromatic rings. The molecule has 0 aromatic heterocycles. The lowest BCUT2D eigenvalue weighted by atomic mass is 10.2. The van der Waals surface area contributed by atoms with Crippen molar-refractivity contribution in [3.8, 4) is 0 Å². The highest BCUT2D eigenvalue weighted by Crippen LogP contribution is 2.10. The van der Waals surface area contributed by atoms with Crippen LogP contribution in [0.3, 0.4) is 0 Å². The Kier molecular flexibility index (Phi) is 4.48. The van der Waals surface area contributed by atoms with Gasteiger partial charge in [-0.2, -0.15) is 12.6 Å². The minimum absolute atomic E-state index is 0.0451. The molecule has 0 bridgehead atoms. The van der Waals surface area contributed by atoms with E-state index in [9.17, 15) is 4.79 Å². The molecule has 1 unspecified atom stereocenters. The number of hydrogen-bond donors (Lipinski definition) is 2. The Morgan fingerprint density at radius 2 is 2.07 bits per heavy atom. The fourth-order valence-electron chi connectivity index (χ4n) is 0.939. The molecule has 1 amide bonds. The maximum atomic E-state index is 11.2. The van der Waals surface area contributed by atoms with Crippen molar-refractivity contribution in [1.29, 1.82) is 0 Å². The number of hydrogen-bond acceptors (Lipinski definition) is 2. The van der Waals surface area contributed by atoms with Crippen molar-refractivity contribution in [2.24, 2.45) is 0 Å². The van der Waals surface area contributed by atoms with Gasteiger partial charge in [-0.3, -0.25) is 4.79 Å². The van der Waals surface area contributed by atoms with Gasteiger partial charge in [-0.05, 0) is 24.6 Å². The SMILES string of the molecule is CC(S)C(=O)NCc1ccc(Br)cc1. The number of carbonyl (C=O) groups excluding carboxylic acids is 1. The number of halogens is 1. The number of benzene rings is 1. The van der Waals surface area contributed by atoms with Gasteiger partial charge in [0.05, 0.1) is 5.25 Å². The van der Waals surface area contributed by atoms with Gasteiger partial charge in [0, 0.05) is 11.0 Å². The quantitative estimate of drug-likeness (QED) is 0.814. The standard InChI is InChI=1S/C10H12BrNOS/c1-7(14)10(13)12-6-8-2-4-9(11)5-3-8/h2-5,7,14H,6H2,1H3,(H,12,13). The number of rotatable bonds is 3. The predicted molar refractivity (Wildman–Crippen MR) is 64.4 cm³/mol. The van der Waals surface area contributed by atoms with E-state index in [-0.39, 0.29) is 11.2 Å². The van der Waals surface area contributed by atoms with Crippen molar-refractivity contribution in [3.05, 3.63) is 34.3 Å². The van der Waals surface area contributed by atoms with Crippen molar-refractivity contribution >= 4 is 34.5 Å². The Morgan fingerprint density at radius 3 is 2.57 bits per heavy atom. The summed E-state index contributed by atoms with van der Waals surface area (Å²) in [5.41, 5.74) is 1.08.